The summed E-state index contributed by atoms with van der Waals surface area (Å²) >= 11 is 0. The lowest BCUT2D eigenvalue weighted by atomic mass is 9.69. The van der Waals surface area contributed by atoms with Crippen LogP contribution < -0.4 is 0 Å². The lowest BCUT2D eigenvalue weighted by Crippen LogP contribution is -2.44. The van der Waals surface area contributed by atoms with Crippen molar-refractivity contribution in [3.63, 3.8) is 0 Å². The molecule has 1 aliphatic heterocycles. The summed E-state index contributed by atoms with van der Waals surface area (Å²) in [5.74, 6) is 1.56. The van der Waals surface area contributed by atoms with Crippen LogP contribution in [-0.4, -0.2) is 31.7 Å². The first-order chi connectivity index (χ1) is 7.92. The van der Waals surface area contributed by atoms with Gasteiger partial charge in [-0.1, -0.05) is 27.7 Å². The van der Waals surface area contributed by atoms with Gasteiger partial charge < -0.3 is 14.6 Å². The van der Waals surface area contributed by atoms with Gasteiger partial charge in [0.15, 0.2) is 6.29 Å². The van der Waals surface area contributed by atoms with Crippen LogP contribution in [0.2, 0.25) is 0 Å². The average Bonchev–Trinajstić information content (AvgIpc) is 2.59. The molecule has 102 valence electrons. The summed E-state index contributed by atoms with van der Waals surface area (Å²) in [4.78, 5) is 0. The quantitative estimate of drug-likeness (QED) is 0.730. The van der Waals surface area contributed by atoms with Gasteiger partial charge in [-0.2, -0.15) is 0 Å². The minimum absolute atomic E-state index is 0.215. The predicted octanol–water partition coefficient (Wildman–Crippen LogP) is 2.68. The molecule has 0 aromatic heterocycles. The first-order valence-electron chi connectivity index (χ1n) is 6.71. The van der Waals surface area contributed by atoms with Gasteiger partial charge in [0, 0.05) is 12.5 Å². The molecule has 0 aromatic carbocycles. The maximum atomic E-state index is 10.2. The van der Waals surface area contributed by atoms with E-state index in [0.717, 1.165) is 19.4 Å². The fourth-order valence-corrected chi connectivity index (χ4v) is 3.14. The smallest absolute Gasteiger partial charge is 0.162 e. The maximum absolute atomic E-state index is 10.2. The molecule has 1 aliphatic rings. The Bertz CT molecular complexity index is 228. The van der Waals surface area contributed by atoms with E-state index in [1.807, 2.05) is 0 Å². The third kappa shape index (κ3) is 3.43. The molecule has 0 aliphatic carbocycles. The van der Waals surface area contributed by atoms with Gasteiger partial charge in [-0.05, 0) is 30.6 Å². The monoisotopic (exact) mass is 244 g/mol. The lowest BCUT2D eigenvalue weighted by molar-refractivity contribution is -0.178. The molecule has 0 saturated carbocycles. The second kappa shape index (κ2) is 6.17. The van der Waals surface area contributed by atoms with Crippen LogP contribution in [0.1, 0.15) is 40.5 Å². The Hall–Kier alpha value is -0.120. The SMILES string of the molecule is COC(O)C1(CC(C)C)COCC1CC(C)C. The van der Waals surface area contributed by atoms with Crippen LogP contribution in [0.25, 0.3) is 0 Å². The van der Waals surface area contributed by atoms with Gasteiger partial charge in [0.25, 0.3) is 0 Å². The molecule has 0 spiro atoms. The van der Waals surface area contributed by atoms with E-state index in [4.69, 9.17) is 9.47 Å². The van der Waals surface area contributed by atoms with E-state index in [1.54, 1.807) is 7.11 Å². The second-order valence-corrected chi connectivity index (χ2v) is 6.26. The van der Waals surface area contributed by atoms with Gasteiger partial charge in [0.05, 0.1) is 13.2 Å². The van der Waals surface area contributed by atoms with Crippen molar-refractivity contribution in [1.29, 1.82) is 0 Å². The van der Waals surface area contributed by atoms with Crippen LogP contribution in [0.3, 0.4) is 0 Å². The van der Waals surface area contributed by atoms with Crippen LogP contribution in [0.5, 0.6) is 0 Å². The highest BCUT2D eigenvalue weighted by Gasteiger charge is 2.49. The van der Waals surface area contributed by atoms with E-state index >= 15 is 0 Å². The first kappa shape index (κ1) is 14.9. The number of hydrogen-bond acceptors (Lipinski definition) is 3. The average molecular weight is 244 g/mol. The van der Waals surface area contributed by atoms with Crippen molar-refractivity contribution in [2.45, 2.75) is 46.8 Å². The molecule has 17 heavy (non-hydrogen) atoms. The van der Waals surface area contributed by atoms with Crippen molar-refractivity contribution in [1.82, 2.24) is 0 Å². The minimum atomic E-state index is -0.712. The van der Waals surface area contributed by atoms with Crippen LogP contribution in [0, 0.1) is 23.2 Å². The number of rotatable bonds is 6. The van der Waals surface area contributed by atoms with Gasteiger partial charge in [-0.25, -0.2) is 0 Å². The Labute approximate surface area is 105 Å². The molecule has 3 unspecified atom stereocenters. The molecule has 3 nitrogen and oxygen atoms in total. The first-order valence-corrected chi connectivity index (χ1v) is 6.71. The second-order valence-electron chi connectivity index (χ2n) is 6.26. The minimum Gasteiger partial charge on any atom is -0.380 e. The summed E-state index contributed by atoms with van der Waals surface area (Å²) in [6.07, 6.45) is 1.34. The number of methoxy groups -OCH3 is 1. The van der Waals surface area contributed by atoms with Crippen molar-refractivity contribution in [2.75, 3.05) is 20.3 Å². The molecule has 1 rings (SSSR count). The molecule has 0 aromatic rings. The number of aliphatic hydroxyl groups excluding tert-OH is 1. The van der Waals surface area contributed by atoms with Crippen molar-refractivity contribution in [2.24, 2.45) is 23.2 Å². The maximum Gasteiger partial charge on any atom is 0.162 e. The molecule has 1 fully saturated rings. The van der Waals surface area contributed by atoms with Crippen molar-refractivity contribution in [3.8, 4) is 0 Å². The van der Waals surface area contributed by atoms with Gasteiger partial charge in [0.1, 0.15) is 0 Å². The molecule has 1 heterocycles. The number of ether oxygens (including phenoxy) is 2. The third-order valence-corrected chi connectivity index (χ3v) is 3.76. The molecule has 0 bridgehead atoms. The van der Waals surface area contributed by atoms with E-state index in [1.165, 1.54) is 0 Å². The van der Waals surface area contributed by atoms with Crippen LogP contribution in [-0.2, 0) is 9.47 Å². The summed E-state index contributed by atoms with van der Waals surface area (Å²) in [6, 6.07) is 0. The fourth-order valence-electron chi connectivity index (χ4n) is 3.14. The van der Waals surface area contributed by atoms with E-state index < -0.39 is 6.29 Å². The Kier molecular flexibility index (Phi) is 5.42. The van der Waals surface area contributed by atoms with Crippen LogP contribution in [0.15, 0.2) is 0 Å². The highest BCUT2D eigenvalue weighted by atomic mass is 16.6. The van der Waals surface area contributed by atoms with Crippen LogP contribution in [0.4, 0.5) is 0 Å². The summed E-state index contributed by atoms with van der Waals surface area (Å²) in [5.41, 5.74) is -0.215. The number of hydrogen-bond donors (Lipinski definition) is 1. The predicted molar refractivity (Wildman–Crippen MR) is 68.7 cm³/mol. The highest BCUT2D eigenvalue weighted by Crippen LogP contribution is 2.46. The molecular weight excluding hydrogens is 216 g/mol. The van der Waals surface area contributed by atoms with Crippen molar-refractivity contribution >= 4 is 0 Å². The molecular formula is C14H28O3. The van der Waals surface area contributed by atoms with Gasteiger partial charge in [0.2, 0.25) is 0 Å². The third-order valence-electron chi connectivity index (χ3n) is 3.76. The standard InChI is InChI=1S/C14H28O3/c1-10(2)6-12-8-17-9-14(12,7-11(3)4)13(15)16-5/h10-13,15H,6-9H2,1-5H3. The topological polar surface area (TPSA) is 38.7 Å². The van der Waals surface area contributed by atoms with E-state index in [0.29, 0.717) is 24.4 Å². The van der Waals surface area contributed by atoms with Gasteiger partial charge in [-0.3, -0.25) is 0 Å². The lowest BCUT2D eigenvalue weighted by Gasteiger charge is -2.39. The Morgan fingerprint density at radius 3 is 2.41 bits per heavy atom. The molecule has 1 saturated heterocycles. The zero-order chi connectivity index (χ0) is 13.1. The Morgan fingerprint density at radius 1 is 1.29 bits per heavy atom. The molecule has 3 atom stereocenters. The highest BCUT2D eigenvalue weighted by molar-refractivity contribution is 4.94. The summed E-state index contributed by atoms with van der Waals surface area (Å²) < 4.78 is 10.9. The molecule has 0 amide bonds. The zero-order valence-electron chi connectivity index (χ0n) is 11.9. The van der Waals surface area contributed by atoms with E-state index in [-0.39, 0.29) is 5.41 Å². The van der Waals surface area contributed by atoms with E-state index in [2.05, 4.69) is 27.7 Å². The number of aliphatic hydroxyl groups is 1. The Morgan fingerprint density at radius 2 is 1.94 bits per heavy atom. The molecule has 0 radical (unpaired) electrons. The Balaban J connectivity index is 2.86. The van der Waals surface area contributed by atoms with Crippen molar-refractivity contribution in [3.05, 3.63) is 0 Å². The fraction of sp³-hybridized carbons (Fsp3) is 1.00. The van der Waals surface area contributed by atoms with Crippen LogP contribution >= 0.6 is 0 Å². The largest absolute Gasteiger partial charge is 0.380 e. The van der Waals surface area contributed by atoms with Gasteiger partial charge >= 0.3 is 0 Å². The van der Waals surface area contributed by atoms with Crippen molar-refractivity contribution < 1.29 is 14.6 Å². The molecule has 1 N–H and O–H groups in total. The summed E-state index contributed by atoms with van der Waals surface area (Å²) in [6.45, 7) is 10.2. The summed E-state index contributed by atoms with van der Waals surface area (Å²) in [5, 5.41) is 10.2. The van der Waals surface area contributed by atoms with Gasteiger partial charge in [-0.15, -0.1) is 0 Å². The normalized spacial score (nSPS) is 31.4. The van der Waals surface area contributed by atoms with E-state index in [9.17, 15) is 5.11 Å². The summed E-state index contributed by atoms with van der Waals surface area (Å²) in [7, 11) is 1.58. The molecule has 3 heteroatoms. The zero-order valence-corrected chi connectivity index (χ0v) is 11.9.